The number of rotatable bonds is 1. The Balaban J connectivity index is 2.26. The summed E-state index contributed by atoms with van der Waals surface area (Å²) in [5, 5.41) is 2.03. The fourth-order valence-electron chi connectivity index (χ4n) is 2.18. The van der Waals surface area contributed by atoms with Gasteiger partial charge in [0.1, 0.15) is 0 Å². The van der Waals surface area contributed by atoms with E-state index in [1.165, 1.54) is 12.0 Å². The van der Waals surface area contributed by atoms with E-state index in [2.05, 4.69) is 18.0 Å². The molecule has 1 fully saturated rings. The van der Waals surface area contributed by atoms with Crippen molar-refractivity contribution in [3.05, 3.63) is 21.3 Å². The van der Waals surface area contributed by atoms with Crippen molar-refractivity contribution in [2.75, 3.05) is 13.6 Å². The highest BCUT2D eigenvalue weighted by Gasteiger charge is 2.29. The molecular formula is C10H15ClN2S. The number of hydrogen-bond acceptors (Lipinski definition) is 3. The van der Waals surface area contributed by atoms with Crippen molar-refractivity contribution < 1.29 is 0 Å². The molecule has 0 bridgehead atoms. The van der Waals surface area contributed by atoms with Crippen molar-refractivity contribution in [2.45, 2.75) is 24.9 Å². The Hall–Kier alpha value is -0.0900. The first-order chi connectivity index (χ1) is 6.70. The Morgan fingerprint density at radius 1 is 1.64 bits per heavy atom. The van der Waals surface area contributed by atoms with Gasteiger partial charge in [0.05, 0.1) is 10.4 Å². The number of likely N-dealkylation sites (N-methyl/N-ethyl adjacent to an activating group) is 1. The lowest BCUT2D eigenvalue weighted by atomic mass is 9.93. The zero-order valence-corrected chi connectivity index (χ0v) is 9.81. The minimum atomic E-state index is 0.223. The third-order valence-corrected chi connectivity index (χ3v) is 4.09. The molecule has 78 valence electrons. The molecule has 1 aromatic heterocycles. The highest BCUT2D eigenvalue weighted by atomic mass is 35.5. The topological polar surface area (TPSA) is 29.3 Å². The quantitative estimate of drug-likeness (QED) is 0.803. The Morgan fingerprint density at radius 2 is 2.43 bits per heavy atom. The Morgan fingerprint density at radius 3 is 3.00 bits per heavy atom. The summed E-state index contributed by atoms with van der Waals surface area (Å²) in [4.78, 5) is 2.31. The lowest BCUT2D eigenvalue weighted by molar-refractivity contribution is 0.163. The van der Waals surface area contributed by atoms with Crippen molar-refractivity contribution in [1.82, 2.24) is 4.90 Å². The van der Waals surface area contributed by atoms with Crippen molar-refractivity contribution in [2.24, 2.45) is 5.73 Å². The van der Waals surface area contributed by atoms with Crippen molar-refractivity contribution in [3.63, 3.8) is 0 Å². The van der Waals surface area contributed by atoms with Crippen LogP contribution in [0.1, 0.15) is 24.4 Å². The molecule has 1 aromatic rings. The van der Waals surface area contributed by atoms with Crippen LogP contribution in [0.5, 0.6) is 0 Å². The Kier molecular flexibility index (Phi) is 3.12. The smallest absolute Gasteiger partial charge is 0.0976 e. The van der Waals surface area contributed by atoms with Crippen LogP contribution in [-0.2, 0) is 0 Å². The van der Waals surface area contributed by atoms with Crippen LogP contribution in [0.3, 0.4) is 0 Å². The molecule has 2 heterocycles. The van der Waals surface area contributed by atoms with Gasteiger partial charge in [0.2, 0.25) is 0 Å². The van der Waals surface area contributed by atoms with Crippen LogP contribution in [0.15, 0.2) is 11.4 Å². The number of hydrogen-bond donors (Lipinski definition) is 1. The van der Waals surface area contributed by atoms with Gasteiger partial charge in [0.25, 0.3) is 0 Å². The van der Waals surface area contributed by atoms with Crippen LogP contribution in [0, 0.1) is 0 Å². The summed E-state index contributed by atoms with van der Waals surface area (Å²) in [5.74, 6) is 0. The van der Waals surface area contributed by atoms with Crippen LogP contribution in [0.4, 0.5) is 0 Å². The molecule has 2 unspecified atom stereocenters. The third-order valence-electron chi connectivity index (χ3n) is 2.89. The Labute approximate surface area is 93.7 Å². The van der Waals surface area contributed by atoms with Crippen LogP contribution >= 0.6 is 22.9 Å². The zero-order valence-electron chi connectivity index (χ0n) is 8.24. The van der Waals surface area contributed by atoms with Crippen LogP contribution in [0.25, 0.3) is 0 Å². The van der Waals surface area contributed by atoms with Gasteiger partial charge in [-0.3, -0.25) is 4.90 Å². The second-order valence-corrected chi connectivity index (χ2v) is 5.40. The van der Waals surface area contributed by atoms with Crippen LogP contribution in [-0.4, -0.2) is 24.5 Å². The van der Waals surface area contributed by atoms with Crippen molar-refractivity contribution in [1.29, 1.82) is 0 Å². The predicted octanol–water partition coefficient (Wildman–Crippen LogP) is 2.50. The van der Waals surface area contributed by atoms with Gasteiger partial charge in [-0.05, 0) is 37.9 Å². The van der Waals surface area contributed by atoms with Gasteiger partial charge in [0.15, 0.2) is 0 Å². The average molecular weight is 231 g/mol. The zero-order chi connectivity index (χ0) is 10.1. The van der Waals surface area contributed by atoms with Gasteiger partial charge in [-0.15, -0.1) is 11.3 Å². The Bertz CT molecular complexity index is 303. The maximum atomic E-state index is 6.14. The fraction of sp³-hybridized carbons (Fsp3) is 0.600. The molecule has 2 N–H and O–H groups in total. The molecule has 0 saturated carbocycles. The number of halogens is 1. The van der Waals surface area contributed by atoms with E-state index in [1.54, 1.807) is 11.3 Å². The number of nitrogens with zero attached hydrogens (tertiary/aromatic N) is 1. The summed E-state index contributed by atoms with van der Waals surface area (Å²) in [6.07, 6.45) is 2.29. The minimum Gasteiger partial charge on any atom is -0.326 e. The summed E-state index contributed by atoms with van der Waals surface area (Å²) in [7, 11) is 2.12. The SMILES string of the molecule is CN1CCCC(N)C1c1ccsc1Cl. The molecule has 2 rings (SSSR count). The molecular weight excluding hydrogens is 216 g/mol. The summed E-state index contributed by atoms with van der Waals surface area (Å²) >= 11 is 7.73. The molecule has 1 aliphatic heterocycles. The summed E-state index contributed by atoms with van der Waals surface area (Å²) in [5.41, 5.74) is 7.33. The van der Waals surface area contributed by atoms with Crippen molar-refractivity contribution in [3.8, 4) is 0 Å². The van der Waals surface area contributed by atoms with E-state index in [0.29, 0.717) is 6.04 Å². The molecule has 2 atom stereocenters. The third kappa shape index (κ3) is 1.82. The average Bonchev–Trinajstić information content (AvgIpc) is 2.52. The summed E-state index contributed by atoms with van der Waals surface area (Å²) in [6, 6.07) is 2.63. The molecule has 0 radical (unpaired) electrons. The fourth-order valence-corrected chi connectivity index (χ4v) is 3.17. The van der Waals surface area contributed by atoms with Gasteiger partial charge < -0.3 is 5.73 Å². The van der Waals surface area contributed by atoms with E-state index in [0.717, 1.165) is 17.3 Å². The van der Waals surface area contributed by atoms with E-state index in [1.807, 2.05) is 5.38 Å². The van der Waals surface area contributed by atoms with E-state index < -0.39 is 0 Å². The molecule has 14 heavy (non-hydrogen) atoms. The first kappa shape index (κ1) is 10.4. The molecule has 0 aromatic carbocycles. The number of likely N-dealkylation sites (tertiary alicyclic amines) is 1. The lowest BCUT2D eigenvalue weighted by Gasteiger charge is -2.37. The molecule has 1 saturated heterocycles. The van der Waals surface area contributed by atoms with E-state index in [9.17, 15) is 0 Å². The normalized spacial score (nSPS) is 29.4. The lowest BCUT2D eigenvalue weighted by Crippen LogP contribution is -2.43. The van der Waals surface area contributed by atoms with Crippen LogP contribution < -0.4 is 5.73 Å². The van der Waals surface area contributed by atoms with Gasteiger partial charge in [-0.2, -0.15) is 0 Å². The first-order valence-electron chi connectivity index (χ1n) is 4.89. The maximum Gasteiger partial charge on any atom is 0.0976 e. The highest BCUT2D eigenvalue weighted by molar-refractivity contribution is 7.14. The van der Waals surface area contributed by atoms with E-state index in [-0.39, 0.29) is 6.04 Å². The van der Waals surface area contributed by atoms with E-state index in [4.69, 9.17) is 17.3 Å². The molecule has 4 heteroatoms. The molecule has 0 aliphatic carbocycles. The molecule has 2 nitrogen and oxygen atoms in total. The van der Waals surface area contributed by atoms with Gasteiger partial charge in [-0.25, -0.2) is 0 Å². The summed E-state index contributed by atoms with van der Waals surface area (Å²) in [6.45, 7) is 1.12. The maximum absolute atomic E-state index is 6.14. The molecule has 0 spiro atoms. The van der Waals surface area contributed by atoms with Gasteiger partial charge in [-0.1, -0.05) is 11.6 Å². The largest absolute Gasteiger partial charge is 0.326 e. The highest BCUT2D eigenvalue weighted by Crippen LogP contribution is 2.35. The summed E-state index contributed by atoms with van der Waals surface area (Å²) < 4.78 is 0.888. The van der Waals surface area contributed by atoms with E-state index >= 15 is 0 Å². The standard InChI is InChI=1S/C10H15ClN2S/c1-13-5-2-3-8(12)9(13)7-4-6-14-10(7)11/h4,6,8-9H,2-3,5,12H2,1H3. The monoisotopic (exact) mass is 230 g/mol. The first-order valence-corrected chi connectivity index (χ1v) is 6.14. The molecule has 1 aliphatic rings. The predicted molar refractivity (Wildman–Crippen MR) is 61.9 cm³/mol. The number of piperidine rings is 1. The second kappa shape index (κ2) is 4.19. The number of thiophene rings is 1. The van der Waals surface area contributed by atoms with Crippen molar-refractivity contribution >= 4 is 22.9 Å². The second-order valence-electron chi connectivity index (χ2n) is 3.88. The number of nitrogens with two attached hydrogens (primary N) is 1. The molecule has 0 amide bonds. The van der Waals surface area contributed by atoms with Crippen LogP contribution in [0.2, 0.25) is 4.34 Å². The van der Waals surface area contributed by atoms with Gasteiger partial charge >= 0.3 is 0 Å². The minimum absolute atomic E-state index is 0.223. The van der Waals surface area contributed by atoms with Gasteiger partial charge in [0, 0.05) is 11.6 Å².